The Morgan fingerprint density at radius 1 is 1.06 bits per heavy atom. The summed E-state index contributed by atoms with van der Waals surface area (Å²) < 4.78 is 11.0. The fourth-order valence-corrected chi connectivity index (χ4v) is 6.62. The number of rotatable bonds is 8. The molecule has 3 heterocycles. The van der Waals surface area contributed by atoms with Crippen molar-refractivity contribution in [2.75, 3.05) is 32.1 Å². The van der Waals surface area contributed by atoms with E-state index in [1.807, 2.05) is 0 Å². The summed E-state index contributed by atoms with van der Waals surface area (Å²) >= 11 is 0.900. The molecular weight excluding hydrogens is 662 g/mol. The first-order chi connectivity index (χ1) is 23.5. The number of benzene rings is 1. The monoisotopic (exact) mass is 707 g/mol. The van der Waals surface area contributed by atoms with Gasteiger partial charge in [-0.25, -0.2) is 4.79 Å². The Balaban J connectivity index is 1.50. The van der Waals surface area contributed by atoms with E-state index in [9.17, 15) is 45.0 Å². The van der Waals surface area contributed by atoms with Crippen molar-refractivity contribution in [2.45, 2.75) is 87.4 Å². The van der Waals surface area contributed by atoms with Crippen LogP contribution in [0.5, 0.6) is 11.5 Å². The highest BCUT2D eigenvalue weighted by atomic mass is 32.2. The number of thioether (sulfide) groups is 1. The zero-order chi connectivity index (χ0) is 35.5. The Bertz CT molecular complexity index is 1400. The molecule has 2 amide bonds. The lowest BCUT2D eigenvalue weighted by molar-refractivity contribution is -0.205. The molecule has 0 radical (unpaired) electrons. The molecule has 270 valence electrons. The quantitative estimate of drug-likeness (QED) is 0.111. The number of fused-ring (bicyclic) bond motifs is 1. The summed E-state index contributed by atoms with van der Waals surface area (Å²) in [6, 6.07) is 1.80. The molecular formula is C33H45N3O12S. The number of carbonyl (C=O) groups is 3. The van der Waals surface area contributed by atoms with Gasteiger partial charge in [-0.05, 0) is 50.3 Å². The maximum absolute atomic E-state index is 13.2. The average molecular weight is 708 g/mol. The van der Waals surface area contributed by atoms with Crippen LogP contribution < -0.4 is 5.32 Å². The first kappa shape index (κ1) is 38.1. The van der Waals surface area contributed by atoms with Crippen molar-refractivity contribution < 1.29 is 59.3 Å². The molecule has 3 aliphatic heterocycles. The van der Waals surface area contributed by atoms with E-state index >= 15 is 0 Å². The van der Waals surface area contributed by atoms with Gasteiger partial charge in [0.05, 0.1) is 24.1 Å². The van der Waals surface area contributed by atoms with Crippen LogP contribution in [0.2, 0.25) is 0 Å². The Morgan fingerprint density at radius 2 is 1.82 bits per heavy atom. The molecule has 0 aromatic heterocycles. The average Bonchev–Trinajstić information content (AvgIpc) is 3.06. The number of esters is 1. The van der Waals surface area contributed by atoms with Gasteiger partial charge >= 0.3 is 5.97 Å². The highest BCUT2D eigenvalue weighted by Crippen LogP contribution is 2.30. The van der Waals surface area contributed by atoms with Crippen LogP contribution >= 0.6 is 11.8 Å². The van der Waals surface area contributed by atoms with Crippen molar-refractivity contribution in [1.82, 2.24) is 10.2 Å². The van der Waals surface area contributed by atoms with Crippen molar-refractivity contribution in [3.05, 3.63) is 47.6 Å². The minimum absolute atomic E-state index is 0.0855. The lowest BCUT2D eigenvalue weighted by Gasteiger charge is -2.39. The molecule has 0 bridgehead atoms. The molecule has 7 atom stereocenters. The number of oxime groups is 1. The van der Waals surface area contributed by atoms with E-state index in [0.29, 0.717) is 13.1 Å². The maximum atomic E-state index is 13.2. The summed E-state index contributed by atoms with van der Waals surface area (Å²) in [4.78, 5) is 45.9. The minimum Gasteiger partial charge on any atom is -0.508 e. The van der Waals surface area contributed by atoms with Crippen LogP contribution in [0.3, 0.4) is 0 Å². The molecule has 0 spiro atoms. The van der Waals surface area contributed by atoms with E-state index in [1.165, 1.54) is 6.07 Å². The number of aliphatic hydroxyl groups is 4. The Morgan fingerprint density at radius 3 is 2.55 bits per heavy atom. The third kappa shape index (κ3) is 10.9. The van der Waals surface area contributed by atoms with Gasteiger partial charge in [0.25, 0.3) is 5.91 Å². The SMILES string of the molecule is C[C@@H]1C/C=C/[C@@H](NC(=O)CS[C@@H]2OC(CO)[C@@H](O)C(O)[C@@H]2O)C/C=C/C(=N\OCC(=O)N2CCCCC2)Cc2cc(O)cc(O)c2C(=O)O1. The number of cyclic esters (lactones) is 1. The summed E-state index contributed by atoms with van der Waals surface area (Å²) in [5, 5.41) is 67.6. The van der Waals surface area contributed by atoms with Crippen LogP contribution in [0.4, 0.5) is 0 Å². The van der Waals surface area contributed by atoms with Gasteiger partial charge in [0, 0.05) is 32.0 Å². The number of phenolic OH excluding ortho intramolecular Hbond substituents is 2. The number of amides is 2. The van der Waals surface area contributed by atoms with Crippen LogP contribution in [0.25, 0.3) is 0 Å². The number of nitrogens with zero attached hydrogens (tertiary/aromatic N) is 2. The number of likely N-dealkylation sites (tertiary alicyclic amines) is 1. The molecule has 0 aliphatic carbocycles. The number of nitrogens with one attached hydrogen (secondary N) is 1. The molecule has 0 saturated carbocycles. The fourth-order valence-electron chi connectivity index (χ4n) is 5.64. The Hall–Kier alpha value is -3.67. The van der Waals surface area contributed by atoms with E-state index < -0.39 is 66.2 Å². The largest absolute Gasteiger partial charge is 0.508 e. The molecule has 1 aromatic carbocycles. The summed E-state index contributed by atoms with van der Waals surface area (Å²) in [6.45, 7) is 2.07. The summed E-state index contributed by atoms with van der Waals surface area (Å²) in [5.41, 5.74) is -0.744. The predicted octanol–water partition coefficient (Wildman–Crippen LogP) is 0.495. The van der Waals surface area contributed by atoms with E-state index in [2.05, 4.69) is 10.5 Å². The standard InChI is InChI=1S/C33H45N3O12S/c1-19-7-5-8-21(34-26(40)18-49-33-31(44)30(43)29(42)25(16-37)48-33)9-6-10-22(35-46-17-27(41)36-11-3-2-4-12-36)13-20-14-23(38)15-24(39)28(20)32(45)47-19/h5-6,8,10,14-15,19,21,25,29-31,33,37-39,42-44H,2-4,7,9,11-13,16-18H2,1H3,(H,34,40)/b8-5+,10-6+,35-22+/t19-,21-,25?,29-,30?,31+,33+/m1/s1. The predicted molar refractivity (Wildman–Crippen MR) is 178 cm³/mol. The molecule has 16 heteroatoms. The van der Waals surface area contributed by atoms with Gasteiger partial charge in [0.15, 0.2) is 6.61 Å². The van der Waals surface area contributed by atoms with Gasteiger partial charge in [0.2, 0.25) is 5.91 Å². The van der Waals surface area contributed by atoms with Crippen LogP contribution in [-0.4, -0.2) is 133 Å². The first-order valence-corrected chi connectivity index (χ1v) is 17.3. The van der Waals surface area contributed by atoms with Gasteiger partial charge in [-0.15, -0.1) is 11.8 Å². The van der Waals surface area contributed by atoms with Gasteiger partial charge in [-0.2, -0.15) is 0 Å². The number of aliphatic hydroxyl groups excluding tert-OH is 4. The molecule has 7 N–H and O–H groups in total. The van der Waals surface area contributed by atoms with E-state index in [1.54, 1.807) is 36.1 Å². The summed E-state index contributed by atoms with van der Waals surface area (Å²) in [7, 11) is 0. The molecule has 1 aromatic rings. The zero-order valence-electron chi connectivity index (χ0n) is 27.2. The molecule has 2 fully saturated rings. The number of piperidine rings is 1. The molecule has 3 aliphatic rings. The number of allylic oxidation sites excluding steroid dienone is 1. The second kappa shape index (κ2) is 18.4. The smallest absolute Gasteiger partial charge is 0.342 e. The highest BCUT2D eigenvalue weighted by Gasteiger charge is 2.43. The molecule has 2 unspecified atom stereocenters. The van der Waals surface area contributed by atoms with Gasteiger partial charge in [-0.1, -0.05) is 23.4 Å². The van der Waals surface area contributed by atoms with Crippen molar-refractivity contribution in [2.24, 2.45) is 5.16 Å². The van der Waals surface area contributed by atoms with Crippen LogP contribution in [-0.2, 0) is 30.3 Å². The first-order valence-electron chi connectivity index (χ1n) is 16.2. The number of phenols is 2. The third-order valence-electron chi connectivity index (χ3n) is 8.26. The lowest BCUT2D eigenvalue weighted by atomic mass is 9.99. The summed E-state index contributed by atoms with van der Waals surface area (Å²) in [5.74, 6) is -2.39. The highest BCUT2D eigenvalue weighted by molar-refractivity contribution is 8.00. The van der Waals surface area contributed by atoms with E-state index in [0.717, 1.165) is 37.1 Å². The van der Waals surface area contributed by atoms with E-state index in [4.69, 9.17) is 14.3 Å². The number of hydrogen-bond acceptors (Lipinski definition) is 14. The number of carbonyl (C=O) groups excluding carboxylic acids is 3. The van der Waals surface area contributed by atoms with Crippen molar-refractivity contribution in [3.8, 4) is 11.5 Å². The number of aromatic hydroxyl groups is 2. The van der Waals surface area contributed by atoms with Crippen LogP contribution in [0, 0.1) is 0 Å². The zero-order valence-corrected chi connectivity index (χ0v) is 28.0. The molecule has 15 nitrogen and oxygen atoms in total. The number of ether oxygens (including phenoxy) is 2. The van der Waals surface area contributed by atoms with Crippen molar-refractivity contribution in [3.63, 3.8) is 0 Å². The molecule has 49 heavy (non-hydrogen) atoms. The second-order valence-electron chi connectivity index (χ2n) is 12.2. The third-order valence-corrected chi connectivity index (χ3v) is 9.40. The van der Waals surface area contributed by atoms with Gasteiger partial charge in [0.1, 0.15) is 53.0 Å². The normalized spacial score (nSPS) is 30.4. The minimum atomic E-state index is -1.56. The second-order valence-corrected chi connectivity index (χ2v) is 13.3. The van der Waals surface area contributed by atoms with Crippen molar-refractivity contribution in [1.29, 1.82) is 0 Å². The Kier molecular flexibility index (Phi) is 14.3. The van der Waals surface area contributed by atoms with Gasteiger partial charge < -0.3 is 55.2 Å². The molecule has 4 rings (SSSR count). The fraction of sp³-hybridized carbons (Fsp3) is 0.576. The van der Waals surface area contributed by atoms with E-state index in [-0.39, 0.29) is 60.1 Å². The van der Waals surface area contributed by atoms with Crippen LogP contribution in [0.1, 0.15) is 54.9 Å². The Labute approximate surface area is 288 Å². The topological polar surface area (TPSA) is 228 Å². The van der Waals surface area contributed by atoms with Gasteiger partial charge in [-0.3, -0.25) is 9.59 Å². The van der Waals surface area contributed by atoms with Crippen LogP contribution in [0.15, 0.2) is 41.6 Å². The molecule has 2 saturated heterocycles. The van der Waals surface area contributed by atoms with Crippen molar-refractivity contribution >= 4 is 35.3 Å². The maximum Gasteiger partial charge on any atom is 0.342 e. The summed E-state index contributed by atoms with van der Waals surface area (Å²) in [6.07, 6.45) is 3.85. The number of hydrogen-bond donors (Lipinski definition) is 7. The lowest BCUT2D eigenvalue weighted by Crippen LogP contribution is -2.57.